The first-order valence-electron chi connectivity index (χ1n) is 8.02. The van der Waals surface area contributed by atoms with E-state index < -0.39 is 22.5 Å². The van der Waals surface area contributed by atoms with Gasteiger partial charge in [0.2, 0.25) is 15.8 Å². The van der Waals surface area contributed by atoms with Gasteiger partial charge in [-0.25, -0.2) is 8.42 Å². The lowest BCUT2D eigenvalue weighted by Crippen LogP contribution is -2.31. The van der Waals surface area contributed by atoms with Crippen LogP contribution in [0, 0.1) is 11.3 Å². The lowest BCUT2D eigenvalue weighted by Gasteiger charge is -2.07. The second kappa shape index (κ2) is 8.43. The fourth-order valence-corrected chi connectivity index (χ4v) is 3.36. The van der Waals surface area contributed by atoms with E-state index >= 15 is 0 Å². The van der Waals surface area contributed by atoms with Gasteiger partial charge < -0.3 is 9.26 Å². The fourth-order valence-electron chi connectivity index (χ4n) is 2.24. The summed E-state index contributed by atoms with van der Waals surface area (Å²) in [5.74, 6) is -0.414. The number of carbonyl (C=O) groups excluding carboxylic acids is 1. The molecule has 0 saturated carbocycles. The zero-order chi connectivity index (χ0) is 20.0. The third-order valence-electron chi connectivity index (χ3n) is 3.56. The lowest BCUT2D eigenvalue weighted by molar-refractivity contribution is -0.144. The van der Waals surface area contributed by atoms with Crippen LogP contribution in [-0.2, 0) is 26.2 Å². The molecule has 3 rings (SSSR count). The minimum Gasteiger partial charge on any atom is -0.455 e. The number of nitrogens with one attached hydrogen (secondary N) is 1. The van der Waals surface area contributed by atoms with Gasteiger partial charge in [-0.05, 0) is 12.1 Å². The van der Waals surface area contributed by atoms with Crippen LogP contribution in [0.3, 0.4) is 0 Å². The van der Waals surface area contributed by atoms with Crippen molar-refractivity contribution in [3.63, 3.8) is 0 Å². The monoisotopic (exact) mass is 398 g/mol. The zero-order valence-electron chi connectivity index (χ0n) is 14.4. The summed E-state index contributed by atoms with van der Waals surface area (Å²) in [5, 5.41) is 12.8. The summed E-state index contributed by atoms with van der Waals surface area (Å²) in [4.78, 5) is 15.7. The quantitative estimate of drug-likeness (QED) is 0.593. The van der Waals surface area contributed by atoms with Crippen molar-refractivity contribution >= 4 is 16.0 Å². The molecular weight excluding hydrogens is 384 g/mol. The highest BCUT2D eigenvalue weighted by Crippen LogP contribution is 2.15. The molecule has 0 radical (unpaired) electrons. The Morgan fingerprint density at radius 1 is 1.14 bits per heavy atom. The van der Waals surface area contributed by atoms with Crippen molar-refractivity contribution in [2.24, 2.45) is 0 Å². The summed E-state index contributed by atoms with van der Waals surface area (Å²) in [7, 11) is -4.04. The third kappa shape index (κ3) is 4.59. The van der Waals surface area contributed by atoms with Gasteiger partial charge in [-0.3, -0.25) is 4.79 Å². The molecule has 0 amide bonds. The van der Waals surface area contributed by atoms with Gasteiger partial charge in [0.1, 0.15) is 12.6 Å². The van der Waals surface area contributed by atoms with Crippen molar-refractivity contribution < 1.29 is 22.5 Å². The van der Waals surface area contributed by atoms with Crippen molar-refractivity contribution in [3.8, 4) is 17.5 Å². The summed E-state index contributed by atoms with van der Waals surface area (Å²) < 4.78 is 36.5. The lowest BCUT2D eigenvalue weighted by atomic mass is 10.2. The Balaban J connectivity index is 1.55. The molecule has 0 saturated heterocycles. The van der Waals surface area contributed by atoms with Crippen LogP contribution in [0.1, 0.15) is 11.5 Å². The number of nitriles is 1. The Kier molecular flexibility index (Phi) is 5.78. The molecule has 0 atom stereocenters. The first-order chi connectivity index (χ1) is 13.5. The van der Waals surface area contributed by atoms with Crippen molar-refractivity contribution in [3.05, 3.63) is 66.1 Å². The van der Waals surface area contributed by atoms with E-state index in [0.717, 1.165) is 5.56 Å². The molecule has 9 nitrogen and oxygen atoms in total. The van der Waals surface area contributed by atoms with Gasteiger partial charge >= 0.3 is 5.97 Å². The second-order valence-electron chi connectivity index (χ2n) is 5.47. The molecule has 1 N–H and O–H groups in total. The number of rotatable bonds is 7. The summed E-state index contributed by atoms with van der Waals surface area (Å²) in [6.45, 7) is -0.906. The van der Waals surface area contributed by atoms with Crippen molar-refractivity contribution in [2.45, 2.75) is 11.5 Å². The summed E-state index contributed by atoms with van der Waals surface area (Å²) in [5.41, 5.74) is 0.718. The van der Waals surface area contributed by atoms with Crippen LogP contribution in [0.5, 0.6) is 0 Å². The van der Waals surface area contributed by atoms with Gasteiger partial charge in [0.15, 0.2) is 6.61 Å². The van der Waals surface area contributed by atoms with E-state index in [1.54, 1.807) is 24.3 Å². The molecule has 0 aliphatic rings. The normalized spacial score (nSPS) is 11.0. The topological polar surface area (TPSA) is 135 Å². The molecule has 1 heterocycles. The molecule has 3 aromatic rings. The molecule has 0 fully saturated rings. The van der Waals surface area contributed by atoms with E-state index in [-0.39, 0.29) is 23.0 Å². The molecule has 28 heavy (non-hydrogen) atoms. The molecule has 2 aromatic carbocycles. The summed E-state index contributed by atoms with van der Waals surface area (Å²) >= 11 is 0. The van der Waals surface area contributed by atoms with Crippen LogP contribution in [0.25, 0.3) is 11.4 Å². The fraction of sp³-hybridized carbons (Fsp3) is 0.111. The molecule has 10 heteroatoms. The van der Waals surface area contributed by atoms with Gasteiger partial charge in [0.25, 0.3) is 5.89 Å². The minimum absolute atomic E-state index is 0.0253. The Labute approximate surface area is 160 Å². The SMILES string of the molecule is N#Cc1ccccc1S(=O)(=O)NCC(=O)OCc1nc(-c2ccccc2)no1. The van der Waals surface area contributed by atoms with Crippen molar-refractivity contribution in [2.75, 3.05) is 6.54 Å². The number of ether oxygens (including phenoxy) is 1. The zero-order valence-corrected chi connectivity index (χ0v) is 15.2. The van der Waals surface area contributed by atoms with Gasteiger partial charge in [-0.1, -0.05) is 47.6 Å². The number of benzene rings is 2. The van der Waals surface area contributed by atoms with Crippen LogP contribution >= 0.6 is 0 Å². The highest BCUT2D eigenvalue weighted by molar-refractivity contribution is 7.89. The van der Waals surface area contributed by atoms with Crippen molar-refractivity contribution in [1.29, 1.82) is 5.26 Å². The number of sulfonamides is 1. The summed E-state index contributed by atoms with van der Waals surface area (Å²) in [6.07, 6.45) is 0. The van der Waals surface area contributed by atoms with E-state index in [9.17, 15) is 13.2 Å². The molecule has 0 unspecified atom stereocenters. The molecule has 0 aliphatic carbocycles. The van der Waals surface area contributed by atoms with E-state index in [2.05, 4.69) is 14.9 Å². The number of esters is 1. The smallest absolute Gasteiger partial charge is 0.321 e. The predicted molar refractivity (Wildman–Crippen MR) is 95.9 cm³/mol. The Hall–Kier alpha value is -3.55. The average molecular weight is 398 g/mol. The highest BCUT2D eigenvalue weighted by atomic mass is 32.2. The number of hydrogen-bond donors (Lipinski definition) is 1. The van der Waals surface area contributed by atoms with E-state index in [0.29, 0.717) is 5.82 Å². The molecule has 1 aromatic heterocycles. The molecule has 0 aliphatic heterocycles. The highest BCUT2D eigenvalue weighted by Gasteiger charge is 2.20. The predicted octanol–water partition coefficient (Wildman–Crippen LogP) is 1.63. The first-order valence-corrected chi connectivity index (χ1v) is 9.50. The third-order valence-corrected chi connectivity index (χ3v) is 5.02. The number of nitrogens with zero attached hydrogens (tertiary/aromatic N) is 3. The minimum atomic E-state index is -4.04. The van der Waals surface area contributed by atoms with Crippen LogP contribution in [0.2, 0.25) is 0 Å². The van der Waals surface area contributed by atoms with Crippen LogP contribution in [0.4, 0.5) is 0 Å². The Morgan fingerprint density at radius 2 is 1.86 bits per heavy atom. The molecule has 0 spiro atoms. The second-order valence-corrected chi connectivity index (χ2v) is 7.21. The Morgan fingerprint density at radius 3 is 2.61 bits per heavy atom. The van der Waals surface area contributed by atoms with Gasteiger partial charge in [-0.15, -0.1) is 0 Å². The summed E-state index contributed by atoms with van der Waals surface area (Å²) in [6, 6.07) is 16.5. The molecular formula is C18H14N4O5S. The number of hydrogen-bond acceptors (Lipinski definition) is 8. The Bertz CT molecular complexity index is 1120. The number of carbonyl (C=O) groups is 1. The maximum Gasteiger partial charge on any atom is 0.321 e. The molecule has 142 valence electrons. The standard InChI is InChI=1S/C18H14N4O5S/c19-10-14-8-4-5-9-15(14)28(24,25)20-11-17(23)26-12-16-21-18(22-27-16)13-6-2-1-3-7-13/h1-9,20H,11-12H2. The van der Waals surface area contributed by atoms with E-state index in [1.807, 2.05) is 18.2 Å². The van der Waals surface area contributed by atoms with Crippen LogP contribution in [0.15, 0.2) is 64.0 Å². The van der Waals surface area contributed by atoms with Crippen LogP contribution in [-0.4, -0.2) is 31.1 Å². The van der Waals surface area contributed by atoms with Gasteiger partial charge in [0, 0.05) is 5.56 Å². The van der Waals surface area contributed by atoms with Gasteiger partial charge in [0.05, 0.1) is 10.5 Å². The maximum absolute atomic E-state index is 12.2. The first kappa shape index (κ1) is 19.2. The van der Waals surface area contributed by atoms with Crippen LogP contribution < -0.4 is 4.72 Å². The largest absolute Gasteiger partial charge is 0.455 e. The number of aromatic nitrogens is 2. The van der Waals surface area contributed by atoms with Gasteiger partial charge in [-0.2, -0.15) is 15.0 Å². The average Bonchev–Trinajstić information content (AvgIpc) is 3.20. The molecule has 0 bridgehead atoms. The van der Waals surface area contributed by atoms with E-state index in [1.165, 1.54) is 18.2 Å². The maximum atomic E-state index is 12.2. The van der Waals surface area contributed by atoms with Crippen molar-refractivity contribution in [1.82, 2.24) is 14.9 Å². The van der Waals surface area contributed by atoms with E-state index in [4.69, 9.17) is 14.5 Å².